The molecule has 2 unspecified atom stereocenters. The number of aryl methyl sites for hydroxylation is 1. The molecule has 2 atom stereocenters. The Labute approximate surface area is 124 Å². The van der Waals surface area contributed by atoms with Gasteiger partial charge in [0.15, 0.2) is 0 Å². The van der Waals surface area contributed by atoms with Crippen molar-refractivity contribution in [2.45, 2.75) is 32.1 Å². The van der Waals surface area contributed by atoms with Crippen molar-refractivity contribution in [3.8, 4) is 0 Å². The zero-order valence-corrected chi connectivity index (χ0v) is 12.1. The quantitative estimate of drug-likeness (QED) is 0.926. The number of carbonyl (C=O) groups is 2. The largest absolute Gasteiger partial charge is 0.481 e. The lowest BCUT2D eigenvalue weighted by Gasteiger charge is -2.26. The van der Waals surface area contributed by atoms with E-state index in [0.717, 1.165) is 19.3 Å². The SMILES string of the molecule is O=C(O)C1CCN(C(=O)CC2CCc3ccccc3C2)C1. The van der Waals surface area contributed by atoms with Crippen LogP contribution in [0.25, 0.3) is 0 Å². The standard InChI is InChI=1S/C17H21NO3/c19-16(18-8-7-15(11-18)17(20)21)10-12-5-6-13-3-1-2-4-14(13)9-12/h1-4,12,15H,5-11H2,(H,20,21). The lowest BCUT2D eigenvalue weighted by atomic mass is 9.82. The van der Waals surface area contributed by atoms with Crippen LogP contribution in [0.1, 0.15) is 30.4 Å². The minimum atomic E-state index is -0.781. The van der Waals surface area contributed by atoms with Crippen LogP contribution in [0.4, 0.5) is 0 Å². The second-order valence-electron chi connectivity index (χ2n) is 6.25. The maximum atomic E-state index is 12.3. The number of rotatable bonds is 3. The maximum Gasteiger partial charge on any atom is 0.308 e. The molecule has 3 rings (SSSR count). The number of carboxylic acids is 1. The van der Waals surface area contributed by atoms with E-state index in [-0.39, 0.29) is 11.8 Å². The molecule has 1 amide bonds. The van der Waals surface area contributed by atoms with Crippen LogP contribution < -0.4 is 0 Å². The third kappa shape index (κ3) is 3.09. The highest BCUT2D eigenvalue weighted by Crippen LogP contribution is 2.28. The van der Waals surface area contributed by atoms with Gasteiger partial charge in [-0.05, 0) is 42.7 Å². The average Bonchev–Trinajstić information content (AvgIpc) is 2.97. The Kier molecular flexibility index (Phi) is 3.95. The summed E-state index contributed by atoms with van der Waals surface area (Å²) in [6.07, 6.45) is 4.22. The van der Waals surface area contributed by atoms with E-state index in [4.69, 9.17) is 5.11 Å². The van der Waals surface area contributed by atoms with Crippen LogP contribution in [0.15, 0.2) is 24.3 Å². The van der Waals surface area contributed by atoms with Gasteiger partial charge in [-0.15, -0.1) is 0 Å². The summed E-state index contributed by atoms with van der Waals surface area (Å²) in [5.41, 5.74) is 2.78. The number of benzene rings is 1. The molecule has 1 aliphatic carbocycles. The Balaban J connectivity index is 1.56. The van der Waals surface area contributed by atoms with Crippen LogP contribution in [-0.4, -0.2) is 35.0 Å². The molecule has 1 aliphatic heterocycles. The maximum absolute atomic E-state index is 12.3. The van der Waals surface area contributed by atoms with E-state index in [9.17, 15) is 9.59 Å². The smallest absolute Gasteiger partial charge is 0.308 e. The molecule has 0 spiro atoms. The Morgan fingerprint density at radius 1 is 1.19 bits per heavy atom. The lowest BCUT2D eigenvalue weighted by molar-refractivity contribution is -0.141. The summed E-state index contributed by atoms with van der Waals surface area (Å²) in [7, 11) is 0. The van der Waals surface area contributed by atoms with Crippen LogP contribution in [0.5, 0.6) is 0 Å². The van der Waals surface area contributed by atoms with Gasteiger partial charge in [0.05, 0.1) is 5.92 Å². The van der Waals surface area contributed by atoms with Crippen molar-refractivity contribution in [1.29, 1.82) is 0 Å². The number of nitrogens with zero attached hydrogens (tertiary/aromatic N) is 1. The predicted molar refractivity (Wildman–Crippen MR) is 78.9 cm³/mol. The van der Waals surface area contributed by atoms with Gasteiger partial charge in [0.1, 0.15) is 0 Å². The summed E-state index contributed by atoms with van der Waals surface area (Å²) in [5, 5.41) is 9.01. The van der Waals surface area contributed by atoms with Crippen LogP contribution in [0.2, 0.25) is 0 Å². The highest BCUT2D eigenvalue weighted by atomic mass is 16.4. The van der Waals surface area contributed by atoms with E-state index in [1.165, 1.54) is 11.1 Å². The summed E-state index contributed by atoms with van der Waals surface area (Å²) < 4.78 is 0. The van der Waals surface area contributed by atoms with E-state index in [1.54, 1.807) is 4.90 Å². The molecule has 1 aromatic carbocycles. The van der Waals surface area contributed by atoms with Gasteiger partial charge >= 0.3 is 5.97 Å². The third-order valence-corrected chi connectivity index (χ3v) is 4.80. The molecule has 0 bridgehead atoms. The second kappa shape index (κ2) is 5.88. The number of hydrogen-bond acceptors (Lipinski definition) is 2. The Hall–Kier alpha value is -1.84. The fourth-order valence-electron chi connectivity index (χ4n) is 3.51. The molecule has 1 fully saturated rings. The number of hydrogen-bond donors (Lipinski definition) is 1. The lowest BCUT2D eigenvalue weighted by Crippen LogP contribution is -2.32. The Bertz CT molecular complexity index is 555. The van der Waals surface area contributed by atoms with E-state index >= 15 is 0 Å². The van der Waals surface area contributed by atoms with Crippen molar-refractivity contribution >= 4 is 11.9 Å². The fourth-order valence-corrected chi connectivity index (χ4v) is 3.51. The Morgan fingerprint density at radius 3 is 2.67 bits per heavy atom. The molecule has 112 valence electrons. The zero-order valence-electron chi connectivity index (χ0n) is 12.1. The zero-order chi connectivity index (χ0) is 14.8. The van der Waals surface area contributed by atoms with Crippen molar-refractivity contribution in [3.05, 3.63) is 35.4 Å². The number of likely N-dealkylation sites (tertiary alicyclic amines) is 1. The average molecular weight is 287 g/mol. The van der Waals surface area contributed by atoms with Crippen molar-refractivity contribution in [3.63, 3.8) is 0 Å². The van der Waals surface area contributed by atoms with Crippen molar-refractivity contribution in [1.82, 2.24) is 4.90 Å². The van der Waals surface area contributed by atoms with Gasteiger partial charge in [-0.3, -0.25) is 9.59 Å². The van der Waals surface area contributed by atoms with E-state index in [2.05, 4.69) is 24.3 Å². The molecule has 1 saturated heterocycles. The number of carbonyl (C=O) groups excluding carboxylic acids is 1. The first-order chi connectivity index (χ1) is 10.1. The molecular formula is C17H21NO3. The highest BCUT2D eigenvalue weighted by molar-refractivity contribution is 5.79. The molecule has 1 N–H and O–H groups in total. The fraction of sp³-hybridized carbons (Fsp3) is 0.529. The molecule has 1 aromatic rings. The van der Waals surface area contributed by atoms with Gasteiger partial charge in [-0.2, -0.15) is 0 Å². The number of amides is 1. The van der Waals surface area contributed by atoms with Crippen LogP contribution in [-0.2, 0) is 22.4 Å². The summed E-state index contributed by atoms with van der Waals surface area (Å²) in [6, 6.07) is 8.45. The molecule has 21 heavy (non-hydrogen) atoms. The Morgan fingerprint density at radius 2 is 1.95 bits per heavy atom. The third-order valence-electron chi connectivity index (χ3n) is 4.80. The van der Waals surface area contributed by atoms with E-state index in [0.29, 0.717) is 31.8 Å². The number of aliphatic carboxylic acids is 1. The van der Waals surface area contributed by atoms with Gasteiger partial charge in [0.2, 0.25) is 5.91 Å². The molecule has 2 aliphatic rings. The number of fused-ring (bicyclic) bond motifs is 1. The van der Waals surface area contributed by atoms with Crippen molar-refractivity contribution in [2.24, 2.45) is 11.8 Å². The van der Waals surface area contributed by atoms with Gasteiger partial charge < -0.3 is 10.0 Å². The predicted octanol–water partition coefficient (Wildman–Crippen LogP) is 2.11. The van der Waals surface area contributed by atoms with Gasteiger partial charge in [-0.25, -0.2) is 0 Å². The monoisotopic (exact) mass is 287 g/mol. The minimum Gasteiger partial charge on any atom is -0.481 e. The minimum absolute atomic E-state index is 0.128. The molecule has 0 radical (unpaired) electrons. The molecule has 0 saturated carbocycles. The summed E-state index contributed by atoms with van der Waals surface area (Å²) in [6.45, 7) is 0.983. The van der Waals surface area contributed by atoms with Gasteiger partial charge in [-0.1, -0.05) is 24.3 Å². The van der Waals surface area contributed by atoms with Crippen molar-refractivity contribution < 1.29 is 14.7 Å². The normalized spacial score (nSPS) is 24.7. The van der Waals surface area contributed by atoms with Crippen molar-refractivity contribution in [2.75, 3.05) is 13.1 Å². The van der Waals surface area contributed by atoms with Gasteiger partial charge in [0.25, 0.3) is 0 Å². The van der Waals surface area contributed by atoms with Crippen LogP contribution >= 0.6 is 0 Å². The highest BCUT2D eigenvalue weighted by Gasteiger charge is 2.32. The molecule has 0 aromatic heterocycles. The van der Waals surface area contributed by atoms with E-state index in [1.807, 2.05) is 0 Å². The molecule has 4 nitrogen and oxygen atoms in total. The second-order valence-corrected chi connectivity index (χ2v) is 6.25. The first kappa shape index (κ1) is 14.1. The molecule has 4 heteroatoms. The number of carboxylic acid groups (broad SMARTS) is 1. The summed E-state index contributed by atoms with van der Waals surface area (Å²) in [4.78, 5) is 25.0. The van der Waals surface area contributed by atoms with Gasteiger partial charge in [0, 0.05) is 19.5 Å². The first-order valence-electron chi connectivity index (χ1n) is 7.71. The molecular weight excluding hydrogens is 266 g/mol. The van der Waals surface area contributed by atoms with E-state index < -0.39 is 5.97 Å². The van der Waals surface area contributed by atoms with Crippen LogP contribution in [0, 0.1) is 11.8 Å². The van der Waals surface area contributed by atoms with Crippen LogP contribution in [0.3, 0.4) is 0 Å². The first-order valence-corrected chi connectivity index (χ1v) is 7.71. The summed E-state index contributed by atoms with van der Waals surface area (Å²) >= 11 is 0. The molecule has 1 heterocycles. The topological polar surface area (TPSA) is 57.6 Å². The summed E-state index contributed by atoms with van der Waals surface area (Å²) in [5.74, 6) is -0.627.